The van der Waals surface area contributed by atoms with E-state index in [1.807, 2.05) is 6.07 Å². The van der Waals surface area contributed by atoms with Crippen molar-refractivity contribution in [2.45, 2.75) is 19.9 Å². The van der Waals surface area contributed by atoms with E-state index in [1.165, 1.54) is 25.1 Å². The van der Waals surface area contributed by atoms with Crippen molar-refractivity contribution in [3.8, 4) is 0 Å². The second-order valence-corrected chi connectivity index (χ2v) is 8.64. The molecule has 0 radical (unpaired) electrons. The normalized spacial score (nSPS) is 26.8. The molecule has 1 aromatic rings. The van der Waals surface area contributed by atoms with Crippen LogP contribution in [-0.2, 0) is 6.54 Å². The second-order valence-electron chi connectivity index (χ2n) is 7.73. The van der Waals surface area contributed by atoms with E-state index < -0.39 is 0 Å². The van der Waals surface area contributed by atoms with Gasteiger partial charge in [-0.3, -0.25) is 9.69 Å². The quantitative estimate of drug-likeness (QED) is 0.777. The molecule has 1 N–H and O–H groups in total. The Balaban J connectivity index is 1.55. The number of Topliss-reactive ketones (excluding diaryl/α,β-unsaturated/α-hetero) is 1. The number of rotatable bonds is 6. The lowest BCUT2D eigenvalue weighted by atomic mass is 9.96. The van der Waals surface area contributed by atoms with Crippen molar-refractivity contribution < 1.29 is 9.90 Å². The Kier molecular flexibility index (Phi) is 6.63. The molecule has 2 atom stereocenters. The van der Waals surface area contributed by atoms with Gasteiger partial charge in [0.1, 0.15) is 0 Å². The number of nitrogens with zero attached hydrogens (tertiary/aromatic N) is 3. The minimum Gasteiger partial charge on any atom is -0.396 e. The van der Waals surface area contributed by atoms with Crippen LogP contribution in [0.5, 0.6) is 0 Å². The summed E-state index contributed by atoms with van der Waals surface area (Å²) >= 11 is 1.54. The highest BCUT2D eigenvalue weighted by Crippen LogP contribution is 2.27. The van der Waals surface area contributed by atoms with Gasteiger partial charge < -0.3 is 14.9 Å². The van der Waals surface area contributed by atoms with E-state index in [0.717, 1.165) is 44.1 Å². The Morgan fingerprint density at radius 2 is 2.00 bits per heavy atom. The summed E-state index contributed by atoms with van der Waals surface area (Å²) in [7, 11) is 2.20. The minimum atomic E-state index is 0.148. The maximum atomic E-state index is 11.5. The summed E-state index contributed by atoms with van der Waals surface area (Å²) < 4.78 is 0. The summed E-state index contributed by atoms with van der Waals surface area (Å²) in [4.78, 5) is 19.8. The van der Waals surface area contributed by atoms with Crippen LogP contribution in [0.25, 0.3) is 0 Å². The number of carbonyl (C=O) groups excluding carboxylic acids is 1. The van der Waals surface area contributed by atoms with E-state index in [-0.39, 0.29) is 12.4 Å². The molecule has 5 nitrogen and oxygen atoms in total. The van der Waals surface area contributed by atoms with E-state index in [9.17, 15) is 9.90 Å². The standard InChI is InChI=1S/C19H31N3O2S/c1-15(24)19-8-16(14-25-19)9-22-11-17(18(12-22)13-23)10-21-5-3-4-20(2)6-7-21/h8,14,17-18,23H,3-7,9-13H2,1-2H3/t17-,18-/m1/s1. The molecule has 0 aliphatic carbocycles. The smallest absolute Gasteiger partial charge is 0.169 e. The van der Waals surface area contributed by atoms with Crippen LogP contribution in [0.2, 0.25) is 0 Å². The molecule has 0 bridgehead atoms. The zero-order valence-electron chi connectivity index (χ0n) is 15.5. The fourth-order valence-corrected chi connectivity index (χ4v) is 4.90. The van der Waals surface area contributed by atoms with Crippen molar-refractivity contribution in [3.63, 3.8) is 0 Å². The van der Waals surface area contributed by atoms with Gasteiger partial charge in [0.15, 0.2) is 5.78 Å². The molecule has 2 aliphatic heterocycles. The van der Waals surface area contributed by atoms with Gasteiger partial charge in [-0.25, -0.2) is 0 Å². The molecule has 6 heteroatoms. The molecular formula is C19H31N3O2S. The lowest BCUT2D eigenvalue weighted by Crippen LogP contribution is -2.36. The van der Waals surface area contributed by atoms with Crippen LogP contribution >= 0.6 is 11.3 Å². The lowest BCUT2D eigenvalue weighted by Gasteiger charge is -2.26. The maximum Gasteiger partial charge on any atom is 0.169 e. The van der Waals surface area contributed by atoms with Crippen LogP contribution < -0.4 is 0 Å². The predicted octanol–water partition coefficient (Wildman–Crippen LogP) is 1.63. The van der Waals surface area contributed by atoms with E-state index in [1.54, 1.807) is 18.3 Å². The summed E-state index contributed by atoms with van der Waals surface area (Å²) in [5, 5.41) is 11.9. The number of ketones is 1. The summed E-state index contributed by atoms with van der Waals surface area (Å²) in [5.41, 5.74) is 1.23. The Bertz CT molecular complexity index is 577. The Labute approximate surface area is 155 Å². The van der Waals surface area contributed by atoms with Gasteiger partial charge in [-0.15, -0.1) is 11.3 Å². The van der Waals surface area contributed by atoms with Crippen LogP contribution in [0.3, 0.4) is 0 Å². The first-order chi connectivity index (χ1) is 12.0. The Morgan fingerprint density at radius 3 is 2.72 bits per heavy atom. The number of likely N-dealkylation sites (tertiary alicyclic amines) is 1. The number of hydrogen-bond donors (Lipinski definition) is 1. The third-order valence-electron chi connectivity index (χ3n) is 5.60. The summed E-state index contributed by atoms with van der Waals surface area (Å²) in [5.74, 6) is 1.06. The first-order valence-corrected chi connectivity index (χ1v) is 10.3. The van der Waals surface area contributed by atoms with Crippen LogP contribution in [0, 0.1) is 11.8 Å². The highest BCUT2D eigenvalue weighted by molar-refractivity contribution is 7.12. The van der Waals surface area contributed by atoms with Gasteiger partial charge >= 0.3 is 0 Å². The summed E-state index contributed by atoms with van der Waals surface area (Å²) in [6.45, 7) is 10.5. The van der Waals surface area contributed by atoms with Crippen molar-refractivity contribution in [3.05, 3.63) is 21.9 Å². The van der Waals surface area contributed by atoms with Gasteiger partial charge in [0.2, 0.25) is 0 Å². The Morgan fingerprint density at radius 1 is 1.20 bits per heavy atom. The monoisotopic (exact) mass is 365 g/mol. The molecule has 2 saturated heterocycles. The maximum absolute atomic E-state index is 11.5. The van der Waals surface area contributed by atoms with E-state index >= 15 is 0 Å². The first-order valence-electron chi connectivity index (χ1n) is 9.37. The molecule has 3 heterocycles. The van der Waals surface area contributed by atoms with Crippen molar-refractivity contribution >= 4 is 17.1 Å². The average Bonchev–Trinajstić information content (AvgIpc) is 3.14. The van der Waals surface area contributed by atoms with Crippen molar-refractivity contribution in [1.29, 1.82) is 0 Å². The van der Waals surface area contributed by atoms with Crippen LogP contribution in [0.15, 0.2) is 11.4 Å². The highest BCUT2D eigenvalue weighted by Gasteiger charge is 2.33. The molecule has 0 unspecified atom stereocenters. The van der Waals surface area contributed by atoms with E-state index in [0.29, 0.717) is 11.8 Å². The van der Waals surface area contributed by atoms with Crippen molar-refractivity contribution in [2.75, 3.05) is 59.5 Å². The molecule has 2 fully saturated rings. The van der Waals surface area contributed by atoms with Crippen LogP contribution in [-0.4, -0.2) is 85.1 Å². The number of aliphatic hydroxyl groups is 1. The number of carbonyl (C=O) groups is 1. The second kappa shape index (κ2) is 8.73. The topological polar surface area (TPSA) is 47.0 Å². The summed E-state index contributed by atoms with van der Waals surface area (Å²) in [6.07, 6.45) is 1.24. The van der Waals surface area contributed by atoms with E-state index in [2.05, 4.69) is 27.1 Å². The molecule has 25 heavy (non-hydrogen) atoms. The highest BCUT2D eigenvalue weighted by atomic mass is 32.1. The van der Waals surface area contributed by atoms with Gasteiger partial charge in [-0.05, 0) is 62.3 Å². The molecule has 0 spiro atoms. The predicted molar refractivity (Wildman–Crippen MR) is 102 cm³/mol. The molecule has 0 saturated carbocycles. The fourth-order valence-electron chi connectivity index (χ4n) is 4.09. The van der Waals surface area contributed by atoms with E-state index in [4.69, 9.17) is 0 Å². The molecular weight excluding hydrogens is 334 g/mol. The number of aliphatic hydroxyl groups excluding tert-OH is 1. The summed E-state index contributed by atoms with van der Waals surface area (Å²) in [6, 6.07) is 2.03. The number of hydrogen-bond acceptors (Lipinski definition) is 6. The first kappa shape index (κ1) is 19.0. The van der Waals surface area contributed by atoms with Crippen LogP contribution in [0.4, 0.5) is 0 Å². The molecule has 2 aliphatic rings. The fraction of sp³-hybridized carbons (Fsp3) is 0.737. The van der Waals surface area contributed by atoms with Gasteiger partial charge in [0.25, 0.3) is 0 Å². The molecule has 0 aromatic carbocycles. The molecule has 140 valence electrons. The largest absolute Gasteiger partial charge is 0.396 e. The third-order valence-corrected chi connectivity index (χ3v) is 6.68. The third kappa shape index (κ3) is 5.11. The average molecular weight is 366 g/mol. The van der Waals surface area contributed by atoms with Gasteiger partial charge in [0.05, 0.1) is 4.88 Å². The van der Waals surface area contributed by atoms with Gasteiger partial charge in [0, 0.05) is 45.9 Å². The van der Waals surface area contributed by atoms with Crippen molar-refractivity contribution in [2.24, 2.45) is 11.8 Å². The van der Waals surface area contributed by atoms with Gasteiger partial charge in [-0.1, -0.05) is 0 Å². The SMILES string of the molecule is CC(=O)c1cc(CN2C[C@@H](CN3CCCN(C)CC3)[C@@H](CO)C2)cs1. The van der Waals surface area contributed by atoms with Crippen molar-refractivity contribution in [1.82, 2.24) is 14.7 Å². The Hall–Kier alpha value is -0.790. The lowest BCUT2D eigenvalue weighted by molar-refractivity contribution is 0.102. The number of thiophene rings is 1. The zero-order valence-corrected chi connectivity index (χ0v) is 16.3. The minimum absolute atomic E-state index is 0.148. The number of likely N-dealkylation sites (N-methyl/N-ethyl adjacent to an activating group) is 1. The van der Waals surface area contributed by atoms with Gasteiger partial charge in [-0.2, -0.15) is 0 Å². The zero-order chi connectivity index (χ0) is 17.8. The molecule has 3 rings (SSSR count). The molecule has 0 amide bonds. The van der Waals surface area contributed by atoms with Crippen LogP contribution in [0.1, 0.15) is 28.6 Å². The molecule has 1 aromatic heterocycles.